The highest BCUT2D eigenvalue weighted by molar-refractivity contribution is 5.70. The van der Waals surface area contributed by atoms with Gasteiger partial charge in [0.25, 0.3) is 0 Å². The quantitative estimate of drug-likeness (QED) is 0.885. The maximum absolute atomic E-state index is 5.36. The van der Waals surface area contributed by atoms with Gasteiger partial charge in [0.05, 0.1) is 13.3 Å². The fraction of sp³-hybridized carbons (Fsp3) is 0.471. The molecule has 0 aliphatic rings. The maximum atomic E-state index is 5.36. The summed E-state index contributed by atoms with van der Waals surface area (Å²) in [6, 6.07) is 6.69. The first-order chi connectivity index (χ1) is 10.1. The molecule has 1 N–H and O–H groups in total. The molecule has 0 aliphatic heterocycles. The predicted octanol–water partition coefficient (Wildman–Crippen LogP) is 3.39. The molecule has 114 valence electrons. The number of aryl methyl sites for hydroxylation is 1. The van der Waals surface area contributed by atoms with Gasteiger partial charge in [0.1, 0.15) is 5.75 Å². The van der Waals surface area contributed by atoms with Crippen molar-refractivity contribution in [2.75, 3.05) is 7.11 Å². The lowest BCUT2D eigenvalue weighted by molar-refractivity contribution is 0.414. The van der Waals surface area contributed by atoms with Gasteiger partial charge in [0.2, 0.25) is 0 Å². The fourth-order valence-electron chi connectivity index (χ4n) is 2.45. The highest BCUT2D eigenvalue weighted by Gasteiger charge is 2.13. The van der Waals surface area contributed by atoms with Crippen molar-refractivity contribution in [3.63, 3.8) is 0 Å². The zero-order valence-electron chi connectivity index (χ0n) is 13.6. The SMILES string of the molecule is CCn1ncc(-c2ccc(OC)cc2CNC(C)C)c1C. The van der Waals surface area contributed by atoms with Gasteiger partial charge in [-0.3, -0.25) is 4.68 Å². The Morgan fingerprint density at radius 1 is 1.29 bits per heavy atom. The summed E-state index contributed by atoms with van der Waals surface area (Å²) >= 11 is 0. The number of ether oxygens (including phenoxy) is 1. The van der Waals surface area contributed by atoms with E-state index in [1.54, 1.807) is 7.11 Å². The first-order valence-corrected chi connectivity index (χ1v) is 7.49. The van der Waals surface area contributed by atoms with Crippen LogP contribution in [0.15, 0.2) is 24.4 Å². The van der Waals surface area contributed by atoms with Crippen molar-refractivity contribution in [1.29, 1.82) is 0 Å². The van der Waals surface area contributed by atoms with Gasteiger partial charge in [0.15, 0.2) is 0 Å². The molecule has 1 aromatic carbocycles. The first kappa shape index (κ1) is 15.6. The molecule has 0 saturated heterocycles. The third kappa shape index (κ3) is 3.45. The number of rotatable bonds is 6. The Morgan fingerprint density at radius 2 is 2.05 bits per heavy atom. The summed E-state index contributed by atoms with van der Waals surface area (Å²) in [5, 5.41) is 7.94. The first-order valence-electron chi connectivity index (χ1n) is 7.49. The summed E-state index contributed by atoms with van der Waals surface area (Å²) in [5.74, 6) is 0.889. The Bertz CT molecular complexity index is 602. The summed E-state index contributed by atoms with van der Waals surface area (Å²) in [6.45, 7) is 10.2. The minimum absolute atomic E-state index is 0.448. The van der Waals surface area contributed by atoms with Gasteiger partial charge in [0, 0.05) is 30.4 Å². The van der Waals surface area contributed by atoms with Crippen LogP contribution in [0, 0.1) is 6.92 Å². The molecule has 0 radical (unpaired) electrons. The highest BCUT2D eigenvalue weighted by Crippen LogP contribution is 2.29. The van der Waals surface area contributed by atoms with Gasteiger partial charge in [-0.05, 0) is 37.1 Å². The summed E-state index contributed by atoms with van der Waals surface area (Å²) in [6.07, 6.45) is 1.96. The lowest BCUT2D eigenvalue weighted by Gasteiger charge is -2.14. The van der Waals surface area contributed by atoms with E-state index in [-0.39, 0.29) is 0 Å². The Morgan fingerprint density at radius 3 is 2.62 bits per heavy atom. The van der Waals surface area contributed by atoms with Crippen LogP contribution < -0.4 is 10.1 Å². The smallest absolute Gasteiger partial charge is 0.119 e. The minimum atomic E-state index is 0.448. The fourth-order valence-corrected chi connectivity index (χ4v) is 2.45. The van der Waals surface area contributed by atoms with Gasteiger partial charge in [-0.25, -0.2) is 0 Å². The number of methoxy groups -OCH3 is 1. The number of benzene rings is 1. The Kier molecular flexibility index (Phi) is 5.02. The molecule has 4 heteroatoms. The summed E-state index contributed by atoms with van der Waals surface area (Å²) in [4.78, 5) is 0. The van der Waals surface area contributed by atoms with E-state index in [1.165, 1.54) is 22.4 Å². The molecule has 0 amide bonds. The van der Waals surface area contributed by atoms with Crippen LogP contribution >= 0.6 is 0 Å². The van der Waals surface area contributed by atoms with Crippen molar-refractivity contribution >= 4 is 0 Å². The molecular weight excluding hydrogens is 262 g/mol. The molecule has 4 nitrogen and oxygen atoms in total. The molecule has 0 bridgehead atoms. The Balaban J connectivity index is 2.43. The molecule has 0 fully saturated rings. The van der Waals surface area contributed by atoms with E-state index in [9.17, 15) is 0 Å². The Labute approximate surface area is 127 Å². The van der Waals surface area contributed by atoms with Gasteiger partial charge >= 0.3 is 0 Å². The van der Waals surface area contributed by atoms with E-state index in [1.807, 2.05) is 16.9 Å². The monoisotopic (exact) mass is 287 g/mol. The van der Waals surface area contributed by atoms with Crippen LogP contribution in [0.5, 0.6) is 5.75 Å². The van der Waals surface area contributed by atoms with Crippen LogP contribution in [0.1, 0.15) is 32.0 Å². The largest absolute Gasteiger partial charge is 0.497 e. The van der Waals surface area contributed by atoms with E-state index in [4.69, 9.17) is 4.74 Å². The highest BCUT2D eigenvalue weighted by atomic mass is 16.5. The number of hydrogen-bond acceptors (Lipinski definition) is 3. The molecule has 1 heterocycles. The van der Waals surface area contributed by atoms with E-state index in [0.29, 0.717) is 6.04 Å². The number of nitrogens with one attached hydrogen (secondary N) is 1. The van der Waals surface area contributed by atoms with Crippen LogP contribution in [-0.4, -0.2) is 22.9 Å². The van der Waals surface area contributed by atoms with E-state index in [0.717, 1.165) is 18.8 Å². The van der Waals surface area contributed by atoms with Crippen molar-refractivity contribution in [2.45, 2.75) is 46.8 Å². The molecule has 2 rings (SSSR count). The van der Waals surface area contributed by atoms with Gasteiger partial charge < -0.3 is 10.1 Å². The third-order valence-electron chi connectivity index (χ3n) is 3.71. The molecule has 0 atom stereocenters. The van der Waals surface area contributed by atoms with Crippen LogP contribution in [0.3, 0.4) is 0 Å². The van der Waals surface area contributed by atoms with Crippen molar-refractivity contribution in [1.82, 2.24) is 15.1 Å². The summed E-state index contributed by atoms with van der Waals surface area (Å²) < 4.78 is 7.39. The standard InChI is InChI=1S/C17H25N3O/c1-6-20-13(4)17(11-19-20)16-8-7-15(21-5)9-14(16)10-18-12(2)3/h7-9,11-12,18H,6,10H2,1-5H3. The summed E-state index contributed by atoms with van der Waals surface area (Å²) in [5.41, 5.74) is 4.86. The van der Waals surface area contributed by atoms with Gasteiger partial charge in [-0.1, -0.05) is 19.9 Å². The van der Waals surface area contributed by atoms with Crippen LogP contribution in [0.2, 0.25) is 0 Å². The molecule has 0 spiro atoms. The average molecular weight is 287 g/mol. The average Bonchev–Trinajstić information content (AvgIpc) is 2.85. The van der Waals surface area contributed by atoms with E-state index < -0.39 is 0 Å². The molecule has 0 aliphatic carbocycles. The second-order valence-electron chi connectivity index (χ2n) is 5.52. The summed E-state index contributed by atoms with van der Waals surface area (Å²) in [7, 11) is 1.70. The van der Waals surface area contributed by atoms with E-state index >= 15 is 0 Å². The minimum Gasteiger partial charge on any atom is -0.497 e. The van der Waals surface area contributed by atoms with Crippen molar-refractivity contribution in [3.05, 3.63) is 35.7 Å². The topological polar surface area (TPSA) is 39.1 Å². The molecule has 21 heavy (non-hydrogen) atoms. The van der Waals surface area contributed by atoms with Gasteiger partial charge in [-0.15, -0.1) is 0 Å². The van der Waals surface area contributed by atoms with E-state index in [2.05, 4.69) is 50.2 Å². The zero-order valence-corrected chi connectivity index (χ0v) is 13.6. The zero-order chi connectivity index (χ0) is 15.4. The van der Waals surface area contributed by atoms with Crippen molar-refractivity contribution in [3.8, 4) is 16.9 Å². The molecular formula is C17H25N3O. The lowest BCUT2D eigenvalue weighted by atomic mass is 9.99. The molecule has 2 aromatic rings. The number of nitrogens with zero attached hydrogens (tertiary/aromatic N) is 2. The van der Waals surface area contributed by atoms with Crippen molar-refractivity contribution < 1.29 is 4.74 Å². The molecule has 1 aromatic heterocycles. The predicted molar refractivity (Wildman–Crippen MR) is 86.6 cm³/mol. The number of aromatic nitrogens is 2. The van der Waals surface area contributed by atoms with Crippen LogP contribution in [0.25, 0.3) is 11.1 Å². The van der Waals surface area contributed by atoms with Crippen molar-refractivity contribution in [2.24, 2.45) is 0 Å². The van der Waals surface area contributed by atoms with Crippen LogP contribution in [-0.2, 0) is 13.1 Å². The second kappa shape index (κ2) is 6.76. The molecule has 0 unspecified atom stereocenters. The Hall–Kier alpha value is -1.81. The lowest BCUT2D eigenvalue weighted by Crippen LogP contribution is -2.22. The number of hydrogen-bond donors (Lipinski definition) is 1. The normalized spacial score (nSPS) is 11.1. The van der Waals surface area contributed by atoms with Crippen LogP contribution in [0.4, 0.5) is 0 Å². The third-order valence-corrected chi connectivity index (χ3v) is 3.71. The van der Waals surface area contributed by atoms with Gasteiger partial charge in [-0.2, -0.15) is 5.10 Å². The molecule has 0 saturated carbocycles. The maximum Gasteiger partial charge on any atom is 0.119 e. The second-order valence-corrected chi connectivity index (χ2v) is 5.52.